The van der Waals surface area contributed by atoms with Crippen LogP contribution in [0.3, 0.4) is 0 Å². The molecule has 1 saturated heterocycles. The number of hydrogen-bond acceptors (Lipinski definition) is 2. The molecule has 3 rings (SSSR count). The highest BCUT2D eigenvalue weighted by atomic mass is 127. The molecule has 4 nitrogen and oxygen atoms in total. The second-order valence-corrected chi connectivity index (χ2v) is 6.91. The first-order valence-corrected chi connectivity index (χ1v) is 9.51. The van der Waals surface area contributed by atoms with E-state index in [0.29, 0.717) is 24.1 Å². The van der Waals surface area contributed by atoms with E-state index in [2.05, 4.69) is 20.5 Å². The highest BCUT2D eigenvalue weighted by molar-refractivity contribution is 14.0. The van der Waals surface area contributed by atoms with Crippen molar-refractivity contribution in [3.05, 3.63) is 65.5 Å². The number of rotatable bonds is 6. The van der Waals surface area contributed by atoms with E-state index in [-0.39, 0.29) is 29.8 Å². The van der Waals surface area contributed by atoms with Gasteiger partial charge in [0, 0.05) is 37.9 Å². The lowest BCUT2D eigenvalue weighted by molar-refractivity contribution is 0.508. The monoisotopic (exact) mass is 518 g/mol. The molecule has 1 fully saturated rings. The third kappa shape index (κ3) is 6.80. The van der Waals surface area contributed by atoms with Crippen molar-refractivity contribution in [3.8, 4) is 0 Å². The van der Waals surface area contributed by atoms with Crippen molar-refractivity contribution in [3.63, 3.8) is 0 Å². The fourth-order valence-electron chi connectivity index (χ4n) is 3.30. The van der Waals surface area contributed by atoms with E-state index in [1.165, 1.54) is 24.3 Å². The molecule has 158 valence electrons. The Balaban J connectivity index is 0.00000300. The summed E-state index contributed by atoms with van der Waals surface area (Å²) in [5.41, 5.74) is 1.51. The van der Waals surface area contributed by atoms with E-state index in [1.54, 1.807) is 12.1 Å². The van der Waals surface area contributed by atoms with Gasteiger partial charge in [-0.25, -0.2) is 18.2 Å². The Morgan fingerprint density at radius 3 is 2.66 bits per heavy atom. The largest absolute Gasteiger partial charge is 0.371 e. The molecule has 2 aromatic rings. The number of anilines is 1. The molecule has 2 aromatic carbocycles. The number of nitrogens with one attached hydrogen (secondary N) is 2. The molecular weight excluding hydrogens is 492 g/mol. The average molecular weight is 518 g/mol. The normalized spacial score (nSPS) is 16.5. The van der Waals surface area contributed by atoms with Crippen LogP contribution in [0.25, 0.3) is 0 Å². The van der Waals surface area contributed by atoms with Gasteiger partial charge in [0.15, 0.2) is 17.6 Å². The lowest BCUT2D eigenvalue weighted by atomic mass is 10.1. The minimum Gasteiger partial charge on any atom is -0.371 e. The number of nitrogens with zero attached hydrogens (tertiary/aromatic N) is 2. The quantitative estimate of drug-likeness (QED) is 0.341. The van der Waals surface area contributed by atoms with Gasteiger partial charge in [-0.05, 0) is 49.1 Å². The molecule has 29 heavy (non-hydrogen) atoms. The van der Waals surface area contributed by atoms with Crippen LogP contribution < -0.4 is 15.5 Å². The van der Waals surface area contributed by atoms with Crippen LogP contribution in [0.2, 0.25) is 0 Å². The third-order valence-electron chi connectivity index (χ3n) is 4.77. The van der Waals surface area contributed by atoms with Gasteiger partial charge in [0.2, 0.25) is 0 Å². The second-order valence-electron chi connectivity index (χ2n) is 6.91. The Labute approximate surface area is 186 Å². The maximum absolute atomic E-state index is 13.5. The Bertz CT molecular complexity index is 831. The molecule has 0 saturated carbocycles. The van der Waals surface area contributed by atoms with E-state index in [1.807, 2.05) is 13.0 Å². The summed E-state index contributed by atoms with van der Waals surface area (Å²) >= 11 is 0. The van der Waals surface area contributed by atoms with Crippen molar-refractivity contribution in [2.75, 3.05) is 31.1 Å². The maximum atomic E-state index is 13.5. The Hall–Kier alpha value is -1.97. The fraction of sp³-hybridized carbons (Fsp3) is 0.381. The Morgan fingerprint density at radius 1 is 1.10 bits per heavy atom. The molecule has 0 radical (unpaired) electrons. The van der Waals surface area contributed by atoms with E-state index in [9.17, 15) is 13.2 Å². The molecular formula is C21H26F3IN4. The topological polar surface area (TPSA) is 39.7 Å². The molecule has 1 atom stereocenters. The Kier molecular flexibility index (Phi) is 9.06. The van der Waals surface area contributed by atoms with Crippen molar-refractivity contribution in [1.29, 1.82) is 0 Å². The average Bonchev–Trinajstić information content (AvgIpc) is 3.15. The highest BCUT2D eigenvalue weighted by Gasteiger charge is 2.23. The van der Waals surface area contributed by atoms with Gasteiger partial charge in [0.1, 0.15) is 5.82 Å². The van der Waals surface area contributed by atoms with Crippen LogP contribution in [0.1, 0.15) is 18.9 Å². The smallest absolute Gasteiger partial charge is 0.191 e. The summed E-state index contributed by atoms with van der Waals surface area (Å²) in [5.74, 6) is -0.873. The second kappa shape index (κ2) is 11.3. The van der Waals surface area contributed by atoms with Crippen LogP contribution in [0.15, 0.2) is 47.5 Å². The summed E-state index contributed by atoms with van der Waals surface area (Å²) in [6.45, 7) is 5.38. The summed E-state index contributed by atoms with van der Waals surface area (Å²) in [6.07, 6.45) is 0.954. The van der Waals surface area contributed by atoms with Crippen LogP contribution in [-0.2, 0) is 6.54 Å². The zero-order chi connectivity index (χ0) is 19.9. The van der Waals surface area contributed by atoms with E-state index < -0.39 is 11.6 Å². The summed E-state index contributed by atoms with van der Waals surface area (Å²) in [4.78, 5) is 6.57. The van der Waals surface area contributed by atoms with Crippen LogP contribution in [0.5, 0.6) is 0 Å². The van der Waals surface area contributed by atoms with Crippen molar-refractivity contribution in [2.24, 2.45) is 10.9 Å². The van der Waals surface area contributed by atoms with Crippen molar-refractivity contribution >= 4 is 35.6 Å². The maximum Gasteiger partial charge on any atom is 0.191 e. The van der Waals surface area contributed by atoms with Gasteiger partial charge in [0.25, 0.3) is 0 Å². The number of aliphatic imine (C=N–C) groups is 1. The molecule has 1 aliphatic rings. The van der Waals surface area contributed by atoms with Crippen LogP contribution >= 0.6 is 24.0 Å². The van der Waals surface area contributed by atoms with E-state index >= 15 is 0 Å². The van der Waals surface area contributed by atoms with Gasteiger partial charge in [-0.1, -0.05) is 12.1 Å². The van der Waals surface area contributed by atoms with Gasteiger partial charge in [0.05, 0.1) is 6.54 Å². The summed E-state index contributed by atoms with van der Waals surface area (Å²) in [5, 5.41) is 6.51. The molecule has 0 aliphatic carbocycles. The molecule has 2 N–H and O–H groups in total. The van der Waals surface area contributed by atoms with Gasteiger partial charge in [-0.3, -0.25) is 0 Å². The van der Waals surface area contributed by atoms with Gasteiger partial charge in [-0.15, -0.1) is 24.0 Å². The van der Waals surface area contributed by atoms with Crippen LogP contribution in [-0.4, -0.2) is 32.1 Å². The number of benzene rings is 2. The molecule has 8 heteroatoms. The van der Waals surface area contributed by atoms with Gasteiger partial charge in [-0.2, -0.15) is 0 Å². The standard InChI is InChI=1S/C21H25F3N4.HI/c1-2-25-21(26-12-15-4-3-5-17(22)10-15)27-13-16-8-9-28(14-16)18-6-7-19(23)20(24)11-18;/h3-7,10-11,16H,2,8-9,12-14H2,1H3,(H2,25,26,27);1H. The first kappa shape index (κ1) is 23.3. The molecule has 1 aliphatic heterocycles. The molecule has 0 bridgehead atoms. The number of guanidine groups is 1. The zero-order valence-electron chi connectivity index (χ0n) is 16.3. The number of hydrogen-bond donors (Lipinski definition) is 2. The third-order valence-corrected chi connectivity index (χ3v) is 4.77. The molecule has 0 aromatic heterocycles. The van der Waals surface area contributed by atoms with Crippen molar-refractivity contribution in [2.45, 2.75) is 19.9 Å². The van der Waals surface area contributed by atoms with Crippen molar-refractivity contribution < 1.29 is 13.2 Å². The predicted molar refractivity (Wildman–Crippen MR) is 121 cm³/mol. The molecule has 1 unspecified atom stereocenters. The summed E-state index contributed by atoms with van der Waals surface area (Å²) < 4.78 is 39.9. The number of halogens is 4. The molecule has 1 heterocycles. The zero-order valence-corrected chi connectivity index (χ0v) is 18.6. The van der Waals surface area contributed by atoms with Crippen LogP contribution in [0, 0.1) is 23.4 Å². The van der Waals surface area contributed by atoms with E-state index in [0.717, 1.165) is 38.2 Å². The van der Waals surface area contributed by atoms with Gasteiger partial charge >= 0.3 is 0 Å². The first-order valence-electron chi connectivity index (χ1n) is 9.51. The molecule has 0 amide bonds. The highest BCUT2D eigenvalue weighted by Crippen LogP contribution is 2.25. The fourth-order valence-corrected chi connectivity index (χ4v) is 3.30. The minimum absolute atomic E-state index is 0. The lowest BCUT2D eigenvalue weighted by Crippen LogP contribution is -2.40. The van der Waals surface area contributed by atoms with Crippen LogP contribution in [0.4, 0.5) is 18.9 Å². The Morgan fingerprint density at radius 2 is 1.93 bits per heavy atom. The SMILES string of the molecule is CCNC(=NCc1cccc(F)c1)NCC1CCN(c2ccc(F)c(F)c2)C1.I. The van der Waals surface area contributed by atoms with Gasteiger partial charge < -0.3 is 15.5 Å². The first-order chi connectivity index (χ1) is 13.5. The predicted octanol–water partition coefficient (Wildman–Crippen LogP) is 4.30. The van der Waals surface area contributed by atoms with E-state index in [4.69, 9.17) is 0 Å². The van der Waals surface area contributed by atoms with Crippen molar-refractivity contribution in [1.82, 2.24) is 10.6 Å². The minimum atomic E-state index is -0.828. The lowest BCUT2D eigenvalue weighted by Gasteiger charge is -2.19. The summed E-state index contributed by atoms with van der Waals surface area (Å²) in [7, 11) is 0. The molecule has 0 spiro atoms. The summed E-state index contributed by atoms with van der Waals surface area (Å²) in [6, 6.07) is 10.4.